The lowest BCUT2D eigenvalue weighted by molar-refractivity contribution is 0.0635. The lowest BCUT2D eigenvalue weighted by Crippen LogP contribution is -2.27. The molecule has 0 saturated heterocycles. The number of nitrogen functional groups attached to an aromatic ring is 1. The lowest BCUT2D eigenvalue weighted by Gasteiger charge is -2.20. The number of ether oxygens (including phenoxy) is 2. The zero-order valence-electron chi connectivity index (χ0n) is 11.9. The Labute approximate surface area is 114 Å². The van der Waals surface area contributed by atoms with Gasteiger partial charge in [-0.15, -0.1) is 0 Å². The number of rotatable bonds is 4. The first-order chi connectivity index (χ1) is 8.81. The van der Waals surface area contributed by atoms with Gasteiger partial charge in [-0.25, -0.2) is 4.79 Å². The predicted octanol–water partition coefficient (Wildman–Crippen LogP) is 3.40. The van der Waals surface area contributed by atoms with Crippen LogP contribution in [0.3, 0.4) is 0 Å². The predicted molar refractivity (Wildman–Crippen MR) is 76.5 cm³/mol. The van der Waals surface area contributed by atoms with Gasteiger partial charge in [0.1, 0.15) is 11.4 Å². The molecule has 5 heteroatoms. The number of nitrogens with two attached hydrogens (primary N) is 1. The Bertz CT molecular complexity index is 439. The molecule has 0 aliphatic rings. The van der Waals surface area contributed by atoms with Crippen molar-refractivity contribution in [3.8, 4) is 5.75 Å². The minimum Gasteiger partial charge on any atom is -0.491 e. The van der Waals surface area contributed by atoms with Crippen LogP contribution in [0.5, 0.6) is 5.75 Å². The molecule has 0 spiro atoms. The summed E-state index contributed by atoms with van der Waals surface area (Å²) in [6.45, 7) is 8.01. The first-order valence-corrected chi connectivity index (χ1v) is 6.34. The summed E-state index contributed by atoms with van der Waals surface area (Å²) in [6, 6.07) is 5.11. The van der Waals surface area contributed by atoms with Gasteiger partial charge >= 0.3 is 6.09 Å². The van der Waals surface area contributed by atoms with Crippen molar-refractivity contribution in [1.29, 1.82) is 0 Å². The molecule has 1 aromatic rings. The summed E-state index contributed by atoms with van der Waals surface area (Å²) in [7, 11) is 0. The van der Waals surface area contributed by atoms with Gasteiger partial charge in [-0.05, 0) is 45.4 Å². The summed E-state index contributed by atoms with van der Waals surface area (Å²) in [5, 5.41) is 2.65. The fourth-order valence-electron chi connectivity index (χ4n) is 1.40. The minimum atomic E-state index is -0.547. The molecule has 1 amide bonds. The molecule has 0 atom stereocenters. The fraction of sp³-hybridized carbons (Fsp3) is 0.500. The van der Waals surface area contributed by atoms with Crippen LogP contribution in [-0.4, -0.2) is 18.3 Å². The smallest absolute Gasteiger partial charge is 0.412 e. The Hall–Kier alpha value is -1.91. The minimum absolute atomic E-state index is 0.516. The Morgan fingerprint density at radius 2 is 2.05 bits per heavy atom. The van der Waals surface area contributed by atoms with E-state index in [-0.39, 0.29) is 0 Å². The van der Waals surface area contributed by atoms with Crippen molar-refractivity contribution in [3.63, 3.8) is 0 Å². The quantitative estimate of drug-likeness (QED) is 0.819. The number of benzene rings is 1. The molecule has 0 aliphatic carbocycles. The molecule has 19 heavy (non-hydrogen) atoms. The summed E-state index contributed by atoms with van der Waals surface area (Å²) in [5.74, 6) is 0.585. The second kappa shape index (κ2) is 6.31. The maximum absolute atomic E-state index is 11.7. The molecule has 0 unspecified atom stereocenters. The molecule has 1 rings (SSSR count). The number of carbonyl (C=O) groups is 1. The van der Waals surface area contributed by atoms with E-state index in [1.54, 1.807) is 39.0 Å². The topological polar surface area (TPSA) is 73.6 Å². The standard InChI is InChI=1S/C14H22N2O3/c1-5-8-18-12-7-6-10(15)9-11(12)16-13(17)19-14(2,3)4/h6-7,9H,5,8,15H2,1-4H3,(H,16,17). The highest BCUT2D eigenvalue weighted by Crippen LogP contribution is 2.27. The largest absolute Gasteiger partial charge is 0.491 e. The maximum Gasteiger partial charge on any atom is 0.412 e. The fourth-order valence-corrected chi connectivity index (χ4v) is 1.40. The third-order valence-electron chi connectivity index (χ3n) is 2.10. The molecular formula is C14H22N2O3. The van der Waals surface area contributed by atoms with Gasteiger partial charge in [-0.2, -0.15) is 0 Å². The number of nitrogens with one attached hydrogen (secondary N) is 1. The van der Waals surface area contributed by atoms with Gasteiger partial charge in [0.05, 0.1) is 12.3 Å². The summed E-state index contributed by atoms with van der Waals surface area (Å²) in [4.78, 5) is 11.7. The van der Waals surface area contributed by atoms with Gasteiger partial charge in [0, 0.05) is 5.69 Å². The van der Waals surface area contributed by atoms with Crippen LogP contribution in [0.15, 0.2) is 18.2 Å². The van der Waals surface area contributed by atoms with E-state index in [0.717, 1.165) is 6.42 Å². The van der Waals surface area contributed by atoms with Crippen LogP contribution < -0.4 is 15.8 Å². The first-order valence-electron chi connectivity index (χ1n) is 6.34. The molecule has 0 fully saturated rings. The van der Waals surface area contributed by atoms with Gasteiger partial charge in [-0.1, -0.05) is 6.92 Å². The van der Waals surface area contributed by atoms with Gasteiger partial charge in [-0.3, -0.25) is 5.32 Å². The lowest BCUT2D eigenvalue weighted by atomic mass is 10.2. The highest BCUT2D eigenvalue weighted by atomic mass is 16.6. The molecule has 3 N–H and O–H groups in total. The molecule has 0 bridgehead atoms. The zero-order chi connectivity index (χ0) is 14.5. The van der Waals surface area contributed by atoms with Crippen LogP contribution in [0.1, 0.15) is 34.1 Å². The average molecular weight is 266 g/mol. The molecule has 0 saturated carbocycles. The molecule has 0 heterocycles. The van der Waals surface area contributed by atoms with E-state index in [1.807, 2.05) is 6.92 Å². The average Bonchev–Trinajstić information content (AvgIpc) is 2.25. The monoisotopic (exact) mass is 266 g/mol. The van der Waals surface area contributed by atoms with Crippen LogP contribution in [0.4, 0.5) is 16.2 Å². The number of hydrogen-bond donors (Lipinski definition) is 2. The van der Waals surface area contributed by atoms with Crippen molar-refractivity contribution in [2.45, 2.75) is 39.7 Å². The van der Waals surface area contributed by atoms with Gasteiger partial charge in [0.2, 0.25) is 0 Å². The second-order valence-corrected chi connectivity index (χ2v) is 5.23. The highest BCUT2D eigenvalue weighted by Gasteiger charge is 2.17. The Morgan fingerprint density at radius 3 is 2.63 bits per heavy atom. The summed E-state index contributed by atoms with van der Waals surface area (Å²) in [5.41, 5.74) is 6.23. The Kier molecular flexibility index (Phi) is 5.03. The number of hydrogen-bond acceptors (Lipinski definition) is 4. The van der Waals surface area contributed by atoms with E-state index in [1.165, 1.54) is 0 Å². The summed E-state index contributed by atoms with van der Waals surface area (Å²) < 4.78 is 10.7. The van der Waals surface area contributed by atoms with E-state index in [4.69, 9.17) is 15.2 Å². The normalized spacial score (nSPS) is 10.9. The number of anilines is 2. The van der Waals surface area contributed by atoms with E-state index >= 15 is 0 Å². The van der Waals surface area contributed by atoms with E-state index in [0.29, 0.717) is 23.7 Å². The second-order valence-electron chi connectivity index (χ2n) is 5.23. The van der Waals surface area contributed by atoms with E-state index in [2.05, 4.69) is 5.32 Å². The van der Waals surface area contributed by atoms with Crippen LogP contribution in [0.2, 0.25) is 0 Å². The van der Waals surface area contributed by atoms with E-state index < -0.39 is 11.7 Å². The Balaban J connectivity index is 2.80. The zero-order valence-corrected chi connectivity index (χ0v) is 11.9. The third-order valence-corrected chi connectivity index (χ3v) is 2.10. The van der Waals surface area contributed by atoms with Crippen LogP contribution in [-0.2, 0) is 4.74 Å². The van der Waals surface area contributed by atoms with Gasteiger partial charge in [0.25, 0.3) is 0 Å². The highest BCUT2D eigenvalue weighted by molar-refractivity contribution is 5.87. The SMILES string of the molecule is CCCOc1ccc(N)cc1NC(=O)OC(C)(C)C. The molecule has 0 aromatic heterocycles. The first kappa shape index (κ1) is 15.1. The van der Waals surface area contributed by atoms with Gasteiger partial charge < -0.3 is 15.2 Å². The molecule has 1 aromatic carbocycles. The van der Waals surface area contributed by atoms with Crippen LogP contribution in [0.25, 0.3) is 0 Å². The maximum atomic E-state index is 11.7. The number of amides is 1. The Morgan fingerprint density at radius 1 is 1.37 bits per heavy atom. The van der Waals surface area contributed by atoms with Crippen LogP contribution in [0, 0.1) is 0 Å². The molecular weight excluding hydrogens is 244 g/mol. The molecule has 106 valence electrons. The molecule has 5 nitrogen and oxygen atoms in total. The van der Waals surface area contributed by atoms with Crippen molar-refractivity contribution in [3.05, 3.63) is 18.2 Å². The summed E-state index contributed by atoms with van der Waals surface area (Å²) >= 11 is 0. The molecule has 0 aliphatic heterocycles. The van der Waals surface area contributed by atoms with Crippen molar-refractivity contribution >= 4 is 17.5 Å². The van der Waals surface area contributed by atoms with E-state index in [9.17, 15) is 4.79 Å². The van der Waals surface area contributed by atoms with Crippen molar-refractivity contribution in [1.82, 2.24) is 0 Å². The number of carbonyl (C=O) groups excluding carboxylic acids is 1. The molecule has 0 radical (unpaired) electrons. The van der Waals surface area contributed by atoms with Crippen molar-refractivity contribution in [2.75, 3.05) is 17.7 Å². The third kappa shape index (κ3) is 5.50. The van der Waals surface area contributed by atoms with Gasteiger partial charge in [0.15, 0.2) is 0 Å². The van der Waals surface area contributed by atoms with Crippen LogP contribution >= 0.6 is 0 Å². The van der Waals surface area contributed by atoms with Crippen molar-refractivity contribution in [2.24, 2.45) is 0 Å². The summed E-state index contributed by atoms with van der Waals surface area (Å²) in [6.07, 6.45) is 0.357. The van der Waals surface area contributed by atoms with Crippen molar-refractivity contribution < 1.29 is 14.3 Å².